The largest absolute Gasteiger partial charge is 0.356 e. The van der Waals surface area contributed by atoms with Gasteiger partial charge in [-0.2, -0.15) is 4.98 Å². The molecule has 2 heterocycles. The van der Waals surface area contributed by atoms with Gasteiger partial charge in [0.15, 0.2) is 0 Å². The van der Waals surface area contributed by atoms with Crippen molar-refractivity contribution in [3.63, 3.8) is 0 Å². The summed E-state index contributed by atoms with van der Waals surface area (Å²) in [5.74, 6) is 5.16. The van der Waals surface area contributed by atoms with E-state index in [2.05, 4.69) is 44.6 Å². The Morgan fingerprint density at radius 1 is 1.00 bits per heavy atom. The van der Waals surface area contributed by atoms with Gasteiger partial charge in [-0.1, -0.05) is 24.3 Å². The van der Waals surface area contributed by atoms with Crippen LogP contribution in [0.15, 0.2) is 59.9 Å². The fourth-order valence-corrected chi connectivity index (χ4v) is 1.75. The third-order valence-electron chi connectivity index (χ3n) is 2.99. The molecule has 0 fully saturated rings. The number of hydrogen-bond donors (Lipinski definition) is 2. The van der Waals surface area contributed by atoms with Crippen LogP contribution in [0.4, 0.5) is 5.95 Å². The Balaban J connectivity index is 0.000000180. The molecule has 0 unspecified atom stereocenters. The fraction of sp³-hybridized carbons (Fsp3) is 0. The molecule has 0 saturated heterocycles. The summed E-state index contributed by atoms with van der Waals surface area (Å²) in [6.45, 7) is 0. The molecule has 104 valence electrons. The highest BCUT2D eigenvalue weighted by molar-refractivity contribution is 5.75. The Morgan fingerprint density at radius 2 is 1.62 bits per heavy atom. The lowest BCUT2D eigenvalue weighted by molar-refractivity contribution is 0.857. The van der Waals surface area contributed by atoms with E-state index in [9.17, 15) is 4.79 Å². The summed E-state index contributed by atoms with van der Waals surface area (Å²) in [5, 5.41) is 0. The summed E-state index contributed by atoms with van der Waals surface area (Å²) in [4.78, 5) is 22.8. The number of nitrogens with two attached hydrogens (primary N) is 1. The average molecular weight is 280 g/mol. The molecular weight excluding hydrogens is 268 g/mol. The number of aromatic nitrogens is 4. The van der Waals surface area contributed by atoms with Gasteiger partial charge in [-0.15, -0.1) is 0 Å². The lowest BCUT2D eigenvalue weighted by atomic mass is 9.95. The number of nitrogen functional groups attached to an aromatic ring is 1. The highest BCUT2D eigenvalue weighted by Crippen LogP contribution is 2.29. The number of nitrogens with zero attached hydrogens (tertiary/aromatic N) is 4. The summed E-state index contributed by atoms with van der Waals surface area (Å²) < 4.78 is 1.29. The van der Waals surface area contributed by atoms with Gasteiger partial charge >= 0.3 is 5.69 Å². The van der Waals surface area contributed by atoms with Crippen LogP contribution >= 0.6 is 0 Å². The summed E-state index contributed by atoms with van der Waals surface area (Å²) in [6.07, 6.45) is 4.51. The summed E-state index contributed by atoms with van der Waals surface area (Å²) >= 11 is 0. The van der Waals surface area contributed by atoms with E-state index in [0.717, 1.165) is 0 Å². The van der Waals surface area contributed by atoms with Gasteiger partial charge in [0, 0.05) is 12.4 Å². The molecule has 0 radical (unpaired) electrons. The number of hydrazine groups is 1. The van der Waals surface area contributed by atoms with Crippen LogP contribution in [-0.4, -0.2) is 19.5 Å². The molecule has 4 rings (SSSR count). The van der Waals surface area contributed by atoms with Crippen molar-refractivity contribution in [3.8, 4) is 16.8 Å². The number of rotatable bonds is 2. The number of nitrogens with one attached hydrogen (secondary N) is 1. The summed E-state index contributed by atoms with van der Waals surface area (Å²) in [5.41, 5.74) is 5.25. The van der Waals surface area contributed by atoms with Gasteiger partial charge in [0.25, 0.3) is 0 Å². The average Bonchev–Trinajstić information content (AvgIpc) is 2.52. The summed E-state index contributed by atoms with van der Waals surface area (Å²) in [7, 11) is 0. The first-order valence-corrected chi connectivity index (χ1v) is 6.21. The van der Waals surface area contributed by atoms with Crippen molar-refractivity contribution >= 4 is 5.95 Å². The fourth-order valence-electron chi connectivity index (χ4n) is 1.75. The molecule has 7 heteroatoms. The normalized spacial score (nSPS) is 10.3. The lowest BCUT2D eigenvalue weighted by Crippen LogP contribution is -2.24. The highest BCUT2D eigenvalue weighted by atomic mass is 16.1. The van der Waals surface area contributed by atoms with Crippen molar-refractivity contribution in [2.24, 2.45) is 5.84 Å². The topological polar surface area (TPSA) is 98.7 Å². The van der Waals surface area contributed by atoms with Crippen molar-refractivity contribution in [2.45, 2.75) is 0 Å². The molecule has 2 aliphatic carbocycles. The zero-order valence-electron chi connectivity index (χ0n) is 11.0. The number of benzene rings is 1. The minimum absolute atomic E-state index is 0.0882. The van der Waals surface area contributed by atoms with E-state index in [0.29, 0.717) is 5.69 Å². The van der Waals surface area contributed by atoms with Crippen molar-refractivity contribution in [1.29, 1.82) is 0 Å². The third kappa shape index (κ3) is 2.63. The first kappa shape index (κ1) is 12.9. The van der Waals surface area contributed by atoms with Crippen LogP contribution in [0.3, 0.4) is 0 Å². The van der Waals surface area contributed by atoms with E-state index in [4.69, 9.17) is 5.84 Å². The SMILES string of the molecule is NNc1ncn(-c2ccncc2)c(=O)n1.c1cc2ccc1-2. The van der Waals surface area contributed by atoms with Gasteiger partial charge in [0.1, 0.15) is 6.33 Å². The number of hydrogen-bond acceptors (Lipinski definition) is 6. The second-order valence-electron chi connectivity index (χ2n) is 4.26. The smallest absolute Gasteiger partial charge is 0.292 e. The van der Waals surface area contributed by atoms with Crippen LogP contribution in [-0.2, 0) is 0 Å². The van der Waals surface area contributed by atoms with Crippen LogP contribution in [0.25, 0.3) is 16.8 Å². The first-order chi connectivity index (χ1) is 10.3. The van der Waals surface area contributed by atoms with Crippen LogP contribution in [0.5, 0.6) is 0 Å². The predicted molar refractivity (Wildman–Crippen MR) is 78.7 cm³/mol. The zero-order valence-corrected chi connectivity index (χ0v) is 11.0. The Labute approximate surface area is 120 Å². The van der Waals surface area contributed by atoms with Gasteiger partial charge < -0.3 is 0 Å². The van der Waals surface area contributed by atoms with Gasteiger partial charge in [-0.05, 0) is 23.3 Å². The molecular formula is C14H12N6O. The van der Waals surface area contributed by atoms with Crippen LogP contribution in [0.2, 0.25) is 0 Å². The molecule has 3 N–H and O–H groups in total. The van der Waals surface area contributed by atoms with Gasteiger partial charge in [0.05, 0.1) is 5.69 Å². The van der Waals surface area contributed by atoms with Gasteiger partial charge in [-0.25, -0.2) is 15.6 Å². The van der Waals surface area contributed by atoms with Crippen molar-refractivity contribution < 1.29 is 0 Å². The van der Waals surface area contributed by atoms with Crippen molar-refractivity contribution in [2.75, 3.05) is 5.43 Å². The Kier molecular flexibility index (Phi) is 3.40. The minimum Gasteiger partial charge on any atom is -0.292 e. The van der Waals surface area contributed by atoms with E-state index < -0.39 is 5.69 Å². The minimum atomic E-state index is -0.454. The maximum Gasteiger partial charge on any atom is 0.356 e. The Morgan fingerprint density at radius 3 is 2.05 bits per heavy atom. The van der Waals surface area contributed by atoms with E-state index in [1.165, 1.54) is 22.0 Å². The maximum atomic E-state index is 11.5. The molecule has 21 heavy (non-hydrogen) atoms. The molecule has 0 spiro atoms. The Hall–Kier alpha value is -3.06. The molecule has 7 nitrogen and oxygen atoms in total. The predicted octanol–water partition coefficient (Wildman–Crippen LogP) is 0.975. The Bertz CT molecular complexity index is 777. The van der Waals surface area contributed by atoms with E-state index in [-0.39, 0.29) is 5.95 Å². The van der Waals surface area contributed by atoms with Crippen molar-refractivity contribution in [3.05, 3.63) is 65.6 Å². The van der Waals surface area contributed by atoms with Gasteiger partial charge in [0.2, 0.25) is 5.95 Å². The van der Waals surface area contributed by atoms with E-state index >= 15 is 0 Å². The van der Waals surface area contributed by atoms with Crippen molar-refractivity contribution in [1.82, 2.24) is 19.5 Å². The highest BCUT2D eigenvalue weighted by Gasteiger charge is 2.04. The van der Waals surface area contributed by atoms with E-state index in [1.807, 2.05) is 0 Å². The third-order valence-corrected chi connectivity index (χ3v) is 2.99. The lowest BCUT2D eigenvalue weighted by Gasteiger charge is -2.10. The molecule has 0 bridgehead atoms. The zero-order chi connectivity index (χ0) is 14.7. The number of pyridine rings is 1. The van der Waals surface area contributed by atoms with Gasteiger partial charge in [-0.3, -0.25) is 15.0 Å². The quantitative estimate of drug-likeness (QED) is 0.419. The monoisotopic (exact) mass is 280 g/mol. The molecule has 0 aromatic carbocycles. The number of fused-ring (bicyclic) bond motifs is 1. The van der Waals surface area contributed by atoms with Crippen LogP contribution in [0.1, 0.15) is 0 Å². The van der Waals surface area contributed by atoms with Crippen LogP contribution in [0, 0.1) is 0 Å². The second kappa shape index (κ2) is 5.51. The standard InChI is InChI=1S/C8H8N6O.C6H4/c9-13-7-11-5-14(8(15)12-7)6-1-3-10-4-2-6;1-2-6-4-3-5(1)6/h1-5H,9H2,(H,12,13,15);1-4H. The molecule has 2 aromatic heterocycles. The molecule has 0 aliphatic heterocycles. The van der Waals surface area contributed by atoms with E-state index in [1.54, 1.807) is 24.5 Å². The van der Waals surface area contributed by atoms with Crippen LogP contribution < -0.4 is 17.0 Å². The number of anilines is 1. The maximum absolute atomic E-state index is 11.5. The molecule has 2 aliphatic rings. The molecule has 2 aromatic rings. The first-order valence-electron chi connectivity index (χ1n) is 6.21. The molecule has 0 saturated carbocycles. The summed E-state index contributed by atoms with van der Waals surface area (Å²) in [6, 6.07) is 11.8. The second-order valence-corrected chi connectivity index (χ2v) is 4.26. The molecule has 0 amide bonds. The molecule has 0 atom stereocenters.